The number of hydrogen-bond donors (Lipinski definition) is 1. The SMILES string of the molecule is CC(C)NCC1CCCN1c1nccc2occc12. The third kappa shape index (κ3) is 2.45. The number of furan rings is 1. The summed E-state index contributed by atoms with van der Waals surface area (Å²) in [4.78, 5) is 7.00. The Bertz CT molecular complexity index is 549. The van der Waals surface area contributed by atoms with Gasteiger partial charge in [-0.3, -0.25) is 0 Å². The standard InChI is InChI=1S/C15H21N3O/c1-11(2)17-10-12-4-3-8-18(12)15-13-6-9-19-14(13)5-7-16-15/h5-7,9,11-12,17H,3-4,8,10H2,1-2H3. The molecule has 0 bridgehead atoms. The van der Waals surface area contributed by atoms with Crippen molar-refractivity contribution in [3.63, 3.8) is 0 Å². The zero-order chi connectivity index (χ0) is 13.2. The second-order valence-corrected chi connectivity index (χ2v) is 5.52. The summed E-state index contributed by atoms with van der Waals surface area (Å²) in [5.41, 5.74) is 0.924. The summed E-state index contributed by atoms with van der Waals surface area (Å²) >= 11 is 0. The van der Waals surface area contributed by atoms with Crippen molar-refractivity contribution in [3.05, 3.63) is 24.6 Å². The lowest BCUT2D eigenvalue weighted by Crippen LogP contribution is -2.40. The lowest BCUT2D eigenvalue weighted by molar-refractivity contribution is 0.523. The van der Waals surface area contributed by atoms with Crippen molar-refractivity contribution in [1.82, 2.24) is 10.3 Å². The molecule has 3 rings (SSSR count). The summed E-state index contributed by atoms with van der Waals surface area (Å²) in [6.45, 7) is 6.48. The Morgan fingerprint density at radius 2 is 2.37 bits per heavy atom. The van der Waals surface area contributed by atoms with Crippen LogP contribution in [-0.4, -0.2) is 30.2 Å². The number of rotatable bonds is 4. The van der Waals surface area contributed by atoms with Gasteiger partial charge in [-0.05, 0) is 25.0 Å². The molecule has 1 atom stereocenters. The fraction of sp³-hybridized carbons (Fsp3) is 0.533. The lowest BCUT2D eigenvalue weighted by Gasteiger charge is -2.27. The normalized spacial score (nSPS) is 19.7. The van der Waals surface area contributed by atoms with Gasteiger partial charge in [0.1, 0.15) is 11.4 Å². The summed E-state index contributed by atoms with van der Waals surface area (Å²) in [5, 5.41) is 4.66. The molecule has 1 aliphatic heterocycles. The first-order valence-corrected chi connectivity index (χ1v) is 7.08. The highest BCUT2D eigenvalue weighted by Gasteiger charge is 2.27. The van der Waals surface area contributed by atoms with E-state index in [1.807, 2.05) is 18.3 Å². The first-order valence-electron chi connectivity index (χ1n) is 7.08. The monoisotopic (exact) mass is 259 g/mol. The van der Waals surface area contributed by atoms with Crippen LogP contribution in [0.3, 0.4) is 0 Å². The van der Waals surface area contributed by atoms with E-state index in [9.17, 15) is 0 Å². The van der Waals surface area contributed by atoms with Crippen molar-refractivity contribution < 1.29 is 4.42 Å². The molecule has 1 aliphatic rings. The van der Waals surface area contributed by atoms with Gasteiger partial charge in [0.2, 0.25) is 0 Å². The van der Waals surface area contributed by atoms with Gasteiger partial charge in [-0.25, -0.2) is 4.98 Å². The van der Waals surface area contributed by atoms with Gasteiger partial charge in [-0.2, -0.15) is 0 Å². The molecule has 3 heterocycles. The molecule has 19 heavy (non-hydrogen) atoms. The van der Waals surface area contributed by atoms with E-state index >= 15 is 0 Å². The molecule has 4 heteroatoms. The summed E-state index contributed by atoms with van der Waals surface area (Å²) in [6.07, 6.45) is 6.05. The fourth-order valence-corrected chi connectivity index (χ4v) is 2.81. The minimum absolute atomic E-state index is 0.528. The van der Waals surface area contributed by atoms with Gasteiger partial charge in [0.15, 0.2) is 0 Å². The average Bonchev–Trinajstić information content (AvgIpc) is 3.04. The predicted molar refractivity (Wildman–Crippen MR) is 77.5 cm³/mol. The molecule has 2 aromatic heterocycles. The Balaban J connectivity index is 1.85. The highest BCUT2D eigenvalue weighted by atomic mass is 16.3. The number of anilines is 1. The molecule has 1 N–H and O–H groups in total. The van der Waals surface area contributed by atoms with E-state index in [4.69, 9.17) is 4.42 Å². The third-order valence-corrected chi connectivity index (χ3v) is 3.77. The molecule has 102 valence electrons. The van der Waals surface area contributed by atoms with Gasteiger partial charge in [-0.15, -0.1) is 0 Å². The number of nitrogens with one attached hydrogen (secondary N) is 1. The first kappa shape index (κ1) is 12.5. The second-order valence-electron chi connectivity index (χ2n) is 5.52. The van der Waals surface area contributed by atoms with Crippen LogP contribution in [-0.2, 0) is 0 Å². The van der Waals surface area contributed by atoms with Crippen molar-refractivity contribution in [2.24, 2.45) is 0 Å². The van der Waals surface area contributed by atoms with Gasteiger partial charge >= 0.3 is 0 Å². The zero-order valence-corrected chi connectivity index (χ0v) is 11.6. The maximum absolute atomic E-state index is 5.47. The Morgan fingerprint density at radius 3 is 3.21 bits per heavy atom. The molecule has 0 saturated carbocycles. The van der Waals surface area contributed by atoms with Gasteiger partial charge in [-0.1, -0.05) is 13.8 Å². The highest BCUT2D eigenvalue weighted by molar-refractivity contribution is 5.88. The van der Waals surface area contributed by atoms with Crippen LogP contribution in [0, 0.1) is 0 Å². The van der Waals surface area contributed by atoms with Crippen LogP contribution in [0.1, 0.15) is 26.7 Å². The molecule has 2 aromatic rings. The maximum atomic E-state index is 5.47. The molecular weight excluding hydrogens is 238 g/mol. The van der Waals surface area contributed by atoms with E-state index in [1.54, 1.807) is 6.26 Å². The van der Waals surface area contributed by atoms with Crippen LogP contribution in [0.2, 0.25) is 0 Å². The molecule has 0 amide bonds. The van der Waals surface area contributed by atoms with Crippen LogP contribution >= 0.6 is 0 Å². The largest absolute Gasteiger partial charge is 0.464 e. The minimum atomic E-state index is 0.528. The lowest BCUT2D eigenvalue weighted by atomic mass is 10.2. The van der Waals surface area contributed by atoms with Crippen LogP contribution in [0.4, 0.5) is 5.82 Å². The Labute approximate surface area is 113 Å². The van der Waals surface area contributed by atoms with Crippen molar-refractivity contribution in [3.8, 4) is 0 Å². The molecule has 0 aliphatic carbocycles. The van der Waals surface area contributed by atoms with Gasteiger partial charge in [0.05, 0.1) is 11.6 Å². The summed E-state index contributed by atoms with van der Waals surface area (Å²) in [6, 6.07) is 5.01. The molecule has 0 radical (unpaired) electrons. The Hall–Kier alpha value is -1.55. The number of pyridine rings is 1. The van der Waals surface area contributed by atoms with E-state index in [0.717, 1.165) is 29.9 Å². The molecule has 1 saturated heterocycles. The summed E-state index contributed by atoms with van der Waals surface area (Å²) < 4.78 is 5.47. The number of aromatic nitrogens is 1. The Kier molecular flexibility index (Phi) is 3.42. The number of hydrogen-bond acceptors (Lipinski definition) is 4. The van der Waals surface area contributed by atoms with E-state index < -0.39 is 0 Å². The van der Waals surface area contributed by atoms with Crippen LogP contribution in [0.25, 0.3) is 11.0 Å². The van der Waals surface area contributed by atoms with Crippen molar-refractivity contribution >= 4 is 16.8 Å². The van der Waals surface area contributed by atoms with Crippen LogP contribution in [0.15, 0.2) is 29.0 Å². The molecule has 4 nitrogen and oxygen atoms in total. The molecule has 0 aromatic carbocycles. The van der Waals surface area contributed by atoms with Gasteiger partial charge in [0.25, 0.3) is 0 Å². The van der Waals surface area contributed by atoms with Crippen molar-refractivity contribution in [1.29, 1.82) is 0 Å². The average molecular weight is 259 g/mol. The van der Waals surface area contributed by atoms with E-state index in [0.29, 0.717) is 12.1 Å². The minimum Gasteiger partial charge on any atom is -0.464 e. The van der Waals surface area contributed by atoms with Crippen LogP contribution in [0.5, 0.6) is 0 Å². The molecule has 0 spiro atoms. The summed E-state index contributed by atoms with van der Waals surface area (Å²) in [5.74, 6) is 1.07. The zero-order valence-electron chi connectivity index (χ0n) is 11.6. The van der Waals surface area contributed by atoms with Gasteiger partial charge in [0, 0.05) is 31.4 Å². The molecule has 1 unspecified atom stereocenters. The second kappa shape index (κ2) is 5.21. The first-order chi connectivity index (χ1) is 9.25. The van der Waals surface area contributed by atoms with E-state index in [-0.39, 0.29) is 0 Å². The topological polar surface area (TPSA) is 41.3 Å². The Morgan fingerprint density at radius 1 is 1.47 bits per heavy atom. The number of fused-ring (bicyclic) bond motifs is 1. The van der Waals surface area contributed by atoms with Gasteiger partial charge < -0.3 is 14.6 Å². The smallest absolute Gasteiger partial charge is 0.139 e. The molecular formula is C15H21N3O. The quantitative estimate of drug-likeness (QED) is 0.916. The van der Waals surface area contributed by atoms with Crippen LogP contribution < -0.4 is 10.2 Å². The maximum Gasteiger partial charge on any atom is 0.139 e. The van der Waals surface area contributed by atoms with E-state index in [2.05, 4.69) is 29.0 Å². The van der Waals surface area contributed by atoms with Crippen molar-refractivity contribution in [2.45, 2.75) is 38.8 Å². The predicted octanol–water partition coefficient (Wildman–Crippen LogP) is 2.79. The summed E-state index contributed by atoms with van der Waals surface area (Å²) in [7, 11) is 0. The van der Waals surface area contributed by atoms with E-state index in [1.165, 1.54) is 12.8 Å². The highest BCUT2D eigenvalue weighted by Crippen LogP contribution is 2.30. The molecule has 1 fully saturated rings. The third-order valence-electron chi connectivity index (χ3n) is 3.77. The fourth-order valence-electron chi connectivity index (χ4n) is 2.81. The van der Waals surface area contributed by atoms with Crippen molar-refractivity contribution in [2.75, 3.05) is 18.0 Å². The number of nitrogens with zero attached hydrogens (tertiary/aromatic N) is 2.